The highest BCUT2D eigenvalue weighted by molar-refractivity contribution is 7.99. The van der Waals surface area contributed by atoms with Crippen LogP contribution in [0.4, 0.5) is 0 Å². The summed E-state index contributed by atoms with van der Waals surface area (Å²) in [5, 5.41) is 4.18. The first-order valence-electron chi connectivity index (χ1n) is 8.52. The summed E-state index contributed by atoms with van der Waals surface area (Å²) < 4.78 is 1.93. The van der Waals surface area contributed by atoms with Gasteiger partial charge in [0.15, 0.2) is 10.9 Å². The Bertz CT molecular complexity index is 972. The maximum atomic E-state index is 12.4. The van der Waals surface area contributed by atoms with Crippen LogP contribution in [-0.2, 0) is 23.1 Å². The maximum absolute atomic E-state index is 12.4. The van der Waals surface area contributed by atoms with Gasteiger partial charge in [0.25, 0.3) is 0 Å². The Balaban J connectivity index is 1.63. The molecule has 0 bridgehead atoms. The molecule has 3 aromatic rings. The number of amides is 1. The summed E-state index contributed by atoms with van der Waals surface area (Å²) in [7, 11) is 1.90. The van der Waals surface area contributed by atoms with E-state index in [1.165, 1.54) is 18.7 Å². The Morgan fingerprint density at radius 1 is 1.22 bits per heavy atom. The van der Waals surface area contributed by atoms with Gasteiger partial charge in [0.1, 0.15) is 0 Å². The molecule has 1 atom stereocenters. The van der Waals surface area contributed by atoms with Crippen molar-refractivity contribution in [2.45, 2.75) is 24.5 Å². The van der Waals surface area contributed by atoms with Crippen LogP contribution in [0.2, 0.25) is 5.02 Å². The maximum Gasteiger partial charge on any atom is 0.231 e. The fourth-order valence-corrected chi connectivity index (χ4v) is 3.76. The summed E-state index contributed by atoms with van der Waals surface area (Å²) in [6, 6.07) is 14.6. The molecule has 1 amide bonds. The molecule has 0 aliphatic rings. The summed E-state index contributed by atoms with van der Waals surface area (Å²) >= 11 is 7.34. The molecule has 0 aliphatic carbocycles. The van der Waals surface area contributed by atoms with E-state index < -0.39 is 6.04 Å². The number of Topliss-reactive ketones (excluding diaryl/α,β-unsaturated/α-hetero) is 1. The van der Waals surface area contributed by atoms with Gasteiger partial charge in [-0.15, -0.1) is 0 Å². The van der Waals surface area contributed by atoms with E-state index >= 15 is 0 Å². The van der Waals surface area contributed by atoms with Crippen molar-refractivity contribution in [2.24, 2.45) is 7.05 Å². The number of aryl methyl sites for hydroxylation is 1. The normalized spacial score (nSPS) is 12.1. The number of hydrogen-bond acceptors (Lipinski definition) is 4. The van der Waals surface area contributed by atoms with E-state index in [9.17, 15) is 9.59 Å². The van der Waals surface area contributed by atoms with Crippen LogP contribution in [0.1, 0.15) is 12.5 Å². The minimum atomic E-state index is -0.528. The third kappa shape index (κ3) is 4.90. The quantitative estimate of drug-likeness (QED) is 0.614. The van der Waals surface area contributed by atoms with Crippen LogP contribution < -0.4 is 5.32 Å². The number of rotatable bonds is 7. The number of ketones is 1. The lowest BCUT2D eigenvalue weighted by molar-refractivity contribution is -0.125. The first kappa shape index (κ1) is 19.5. The molecular formula is C20H20ClN3O2S. The fourth-order valence-electron chi connectivity index (χ4n) is 2.79. The van der Waals surface area contributed by atoms with Gasteiger partial charge in [-0.3, -0.25) is 9.59 Å². The van der Waals surface area contributed by atoms with Gasteiger partial charge in [0, 0.05) is 12.1 Å². The van der Waals surface area contributed by atoms with E-state index in [1.54, 1.807) is 6.07 Å². The van der Waals surface area contributed by atoms with Crippen molar-refractivity contribution in [3.05, 3.63) is 59.1 Å². The Labute approximate surface area is 167 Å². The Hall–Kier alpha value is -2.31. The summed E-state index contributed by atoms with van der Waals surface area (Å²) in [5.41, 5.74) is 2.75. The second-order valence-electron chi connectivity index (χ2n) is 6.30. The zero-order valence-electron chi connectivity index (χ0n) is 15.1. The standard InChI is InChI=1S/C20H20ClN3O2S/c1-13(25)16(10-14-6-4-3-5-7-14)22-19(26)12-27-20-23-17-11-15(21)8-9-18(17)24(20)2/h3-9,11,16H,10,12H2,1-2H3,(H,22,26)/t16-/m1/s1. The van der Waals surface area contributed by atoms with Crippen LogP contribution in [0.5, 0.6) is 0 Å². The Morgan fingerprint density at radius 3 is 2.67 bits per heavy atom. The Morgan fingerprint density at radius 2 is 1.96 bits per heavy atom. The SMILES string of the molecule is CC(=O)[C@@H](Cc1ccccc1)NC(=O)CSc1nc2cc(Cl)ccc2n1C. The van der Waals surface area contributed by atoms with E-state index in [0.717, 1.165) is 21.8 Å². The minimum Gasteiger partial charge on any atom is -0.345 e. The van der Waals surface area contributed by atoms with Gasteiger partial charge >= 0.3 is 0 Å². The fraction of sp³-hybridized carbons (Fsp3) is 0.250. The molecule has 0 saturated heterocycles. The van der Waals surface area contributed by atoms with Crippen molar-refractivity contribution < 1.29 is 9.59 Å². The van der Waals surface area contributed by atoms with Crippen LogP contribution in [-0.4, -0.2) is 33.0 Å². The number of nitrogens with zero attached hydrogens (tertiary/aromatic N) is 2. The first-order chi connectivity index (χ1) is 12.9. The monoisotopic (exact) mass is 401 g/mol. The van der Waals surface area contributed by atoms with Crippen LogP contribution in [0, 0.1) is 0 Å². The second-order valence-corrected chi connectivity index (χ2v) is 7.67. The number of halogens is 1. The molecular weight excluding hydrogens is 382 g/mol. The van der Waals surface area contributed by atoms with Gasteiger partial charge in [0.05, 0.1) is 22.8 Å². The van der Waals surface area contributed by atoms with Gasteiger partial charge in [0.2, 0.25) is 5.91 Å². The molecule has 0 spiro atoms. The first-order valence-corrected chi connectivity index (χ1v) is 9.89. The third-order valence-corrected chi connectivity index (χ3v) is 5.51. The highest BCUT2D eigenvalue weighted by atomic mass is 35.5. The third-order valence-electron chi connectivity index (χ3n) is 4.24. The molecule has 5 nitrogen and oxygen atoms in total. The van der Waals surface area contributed by atoms with E-state index in [4.69, 9.17) is 11.6 Å². The van der Waals surface area contributed by atoms with Gasteiger partial charge in [-0.1, -0.05) is 53.7 Å². The molecule has 0 radical (unpaired) electrons. The van der Waals surface area contributed by atoms with Crippen molar-refractivity contribution in [3.8, 4) is 0 Å². The predicted octanol–water partition coefficient (Wildman–Crippen LogP) is 3.64. The van der Waals surface area contributed by atoms with Gasteiger partial charge in [-0.2, -0.15) is 0 Å². The highest BCUT2D eigenvalue weighted by Crippen LogP contribution is 2.25. The molecule has 1 N–H and O–H groups in total. The molecule has 140 valence electrons. The van der Waals surface area contributed by atoms with Crippen molar-refractivity contribution in [3.63, 3.8) is 0 Å². The van der Waals surface area contributed by atoms with Gasteiger partial charge in [-0.05, 0) is 37.1 Å². The van der Waals surface area contributed by atoms with Crippen LogP contribution >= 0.6 is 23.4 Å². The lowest BCUT2D eigenvalue weighted by Gasteiger charge is -2.16. The average Bonchev–Trinajstić information content (AvgIpc) is 2.95. The van der Waals surface area contributed by atoms with E-state index in [0.29, 0.717) is 11.4 Å². The van der Waals surface area contributed by atoms with Crippen LogP contribution in [0.15, 0.2) is 53.7 Å². The molecule has 2 aromatic carbocycles. The van der Waals surface area contributed by atoms with Crippen molar-refractivity contribution in [1.29, 1.82) is 0 Å². The Kier molecular flexibility index (Phi) is 6.19. The number of imidazole rings is 1. The predicted molar refractivity (Wildman–Crippen MR) is 109 cm³/mol. The van der Waals surface area contributed by atoms with E-state index in [2.05, 4.69) is 10.3 Å². The lowest BCUT2D eigenvalue weighted by Crippen LogP contribution is -2.42. The van der Waals surface area contributed by atoms with Crippen LogP contribution in [0.3, 0.4) is 0 Å². The number of fused-ring (bicyclic) bond motifs is 1. The average molecular weight is 402 g/mol. The molecule has 27 heavy (non-hydrogen) atoms. The second kappa shape index (κ2) is 8.59. The largest absolute Gasteiger partial charge is 0.345 e. The summed E-state index contributed by atoms with van der Waals surface area (Å²) in [4.78, 5) is 28.8. The zero-order valence-corrected chi connectivity index (χ0v) is 16.7. The number of aromatic nitrogens is 2. The van der Waals surface area contributed by atoms with Crippen molar-refractivity contribution in [1.82, 2.24) is 14.9 Å². The molecule has 3 rings (SSSR count). The number of nitrogens with one attached hydrogen (secondary N) is 1. The number of carbonyl (C=O) groups is 2. The summed E-state index contributed by atoms with van der Waals surface area (Å²) in [5.74, 6) is -0.0699. The van der Waals surface area contributed by atoms with Gasteiger partial charge < -0.3 is 9.88 Å². The van der Waals surface area contributed by atoms with Gasteiger partial charge in [-0.25, -0.2) is 4.98 Å². The highest BCUT2D eigenvalue weighted by Gasteiger charge is 2.18. The number of hydrogen-bond donors (Lipinski definition) is 1. The zero-order chi connectivity index (χ0) is 19.4. The smallest absolute Gasteiger partial charge is 0.231 e. The minimum absolute atomic E-state index is 0.0606. The molecule has 1 heterocycles. The van der Waals surface area contributed by atoms with Crippen LogP contribution in [0.25, 0.3) is 11.0 Å². The molecule has 0 aliphatic heterocycles. The lowest BCUT2D eigenvalue weighted by atomic mass is 10.0. The molecule has 0 saturated carbocycles. The molecule has 0 fully saturated rings. The van der Waals surface area contributed by atoms with Crippen molar-refractivity contribution in [2.75, 3.05) is 5.75 Å². The topological polar surface area (TPSA) is 64.0 Å². The number of benzene rings is 2. The van der Waals surface area contributed by atoms with E-state index in [1.807, 2.05) is 54.1 Å². The molecule has 1 aromatic heterocycles. The summed E-state index contributed by atoms with van der Waals surface area (Å²) in [6.45, 7) is 1.50. The van der Waals surface area contributed by atoms with E-state index in [-0.39, 0.29) is 17.4 Å². The summed E-state index contributed by atoms with van der Waals surface area (Å²) in [6.07, 6.45) is 0.484. The number of thioether (sulfide) groups is 1. The van der Waals surface area contributed by atoms with Crippen molar-refractivity contribution >= 4 is 46.1 Å². The molecule has 0 unspecified atom stereocenters. The molecule has 7 heteroatoms. The number of carbonyl (C=O) groups excluding carboxylic acids is 2.